The fraction of sp³-hybridized carbons (Fsp3) is 0.238. The van der Waals surface area contributed by atoms with Crippen LogP contribution in [0.4, 0.5) is 0 Å². The molecule has 0 radical (unpaired) electrons. The van der Waals surface area contributed by atoms with Crippen molar-refractivity contribution in [1.29, 1.82) is 0 Å². The highest BCUT2D eigenvalue weighted by Crippen LogP contribution is 2.24. The molecule has 140 valence electrons. The van der Waals surface area contributed by atoms with E-state index in [1.54, 1.807) is 7.11 Å². The zero-order valence-corrected chi connectivity index (χ0v) is 16.3. The van der Waals surface area contributed by atoms with Gasteiger partial charge in [0.05, 0.1) is 24.8 Å². The first kappa shape index (κ1) is 19.0. The van der Waals surface area contributed by atoms with Crippen LogP contribution in [0.15, 0.2) is 66.0 Å². The summed E-state index contributed by atoms with van der Waals surface area (Å²) in [7, 11) is 3.63. The average Bonchev–Trinajstić information content (AvgIpc) is 3.08. The van der Waals surface area contributed by atoms with Gasteiger partial charge in [-0.05, 0) is 23.6 Å². The molecule has 5 nitrogen and oxygen atoms in total. The second-order valence-electron chi connectivity index (χ2n) is 6.05. The molecule has 3 aromatic rings. The molecule has 27 heavy (non-hydrogen) atoms. The Balaban J connectivity index is 1.49. The fourth-order valence-electron chi connectivity index (χ4n) is 2.83. The second-order valence-corrected chi connectivity index (χ2v) is 6.99. The Hall–Kier alpha value is -2.73. The molecule has 0 fully saturated rings. The van der Waals surface area contributed by atoms with Crippen LogP contribution in [0.2, 0.25) is 0 Å². The number of nitrogens with one attached hydrogen (secondary N) is 1. The summed E-state index contributed by atoms with van der Waals surface area (Å²) in [6.07, 6.45) is 2.58. The lowest BCUT2D eigenvalue weighted by Crippen LogP contribution is -2.27. The van der Waals surface area contributed by atoms with Gasteiger partial charge in [0.25, 0.3) is 0 Å². The first-order chi connectivity index (χ1) is 13.2. The van der Waals surface area contributed by atoms with Gasteiger partial charge >= 0.3 is 0 Å². The maximum atomic E-state index is 12.1. The molecule has 1 N–H and O–H groups in total. The predicted molar refractivity (Wildman–Crippen MR) is 109 cm³/mol. The van der Waals surface area contributed by atoms with E-state index < -0.39 is 0 Å². The van der Waals surface area contributed by atoms with Gasteiger partial charge in [0, 0.05) is 13.6 Å². The normalized spacial score (nSPS) is 10.6. The Bertz CT molecular complexity index is 893. The van der Waals surface area contributed by atoms with E-state index in [2.05, 4.69) is 22.4 Å². The lowest BCUT2D eigenvalue weighted by molar-refractivity contribution is -0.118. The smallest absolute Gasteiger partial charge is 0.230 e. The highest BCUT2D eigenvalue weighted by Gasteiger charge is 2.11. The molecule has 0 spiro atoms. The number of amides is 1. The molecule has 3 rings (SSSR count). The molecule has 1 heterocycles. The number of ether oxygens (including phenoxy) is 1. The number of aromatic nitrogens is 2. The average molecular weight is 382 g/mol. The highest BCUT2D eigenvalue weighted by atomic mass is 32.2. The van der Waals surface area contributed by atoms with Crippen molar-refractivity contribution in [2.24, 2.45) is 7.05 Å². The monoisotopic (exact) mass is 381 g/mol. The summed E-state index contributed by atoms with van der Waals surface area (Å²) in [5.74, 6) is 1.19. The Kier molecular flexibility index (Phi) is 6.54. The van der Waals surface area contributed by atoms with Gasteiger partial charge in [0.2, 0.25) is 5.91 Å². The molecule has 0 saturated carbocycles. The van der Waals surface area contributed by atoms with E-state index in [0.717, 1.165) is 34.1 Å². The number of hydrogen-bond acceptors (Lipinski definition) is 4. The fourth-order valence-corrected chi connectivity index (χ4v) is 3.61. The van der Waals surface area contributed by atoms with Gasteiger partial charge in [-0.3, -0.25) is 4.79 Å². The second kappa shape index (κ2) is 9.28. The molecular weight excluding hydrogens is 358 g/mol. The van der Waals surface area contributed by atoms with E-state index >= 15 is 0 Å². The van der Waals surface area contributed by atoms with Crippen LogP contribution >= 0.6 is 11.8 Å². The van der Waals surface area contributed by atoms with E-state index in [-0.39, 0.29) is 5.91 Å². The van der Waals surface area contributed by atoms with E-state index in [1.165, 1.54) is 11.8 Å². The van der Waals surface area contributed by atoms with Gasteiger partial charge in [-0.15, -0.1) is 0 Å². The Morgan fingerprint density at radius 1 is 1.15 bits per heavy atom. The molecule has 1 aromatic heterocycles. The van der Waals surface area contributed by atoms with Crippen LogP contribution < -0.4 is 10.1 Å². The zero-order chi connectivity index (χ0) is 19.1. The maximum Gasteiger partial charge on any atom is 0.230 e. The van der Waals surface area contributed by atoms with Crippen molar-refractivity contribution in [1.82, 2.24) is 14.9 Å². The van der Waals surface area contributed by atoms with Crippen LogP contribution in [0.1, 0.15) is 5.56 Å². The number of carbonyl (C=O) groups excluding carboxylic acids is 1. The van der Waals surface area contributed by atoms with E-state index in [0.29, 0.717) is 12.3 Å². The van der Waals surface area contributed by atoms with Gasteiger partial charge in [0.15, 0.2) is 5.16 Å². The van der Waals surface area contributed by atoms with Crippen molar-refractivity contribution < 1.29 is 9.53 Å². The van der Waals surface area contributed by atoms with Crippen LogP contribution in [0.25, 0.3) is 11.3 Å². The highest BCUT2D eigenvalue weighted by molar-refractivity contribution is 7.99. The summed E-state index contributed by atoms with van der Waals surface area (Å²) in [5.41, 5.74) is 3.24. The van der Waals surface area contributed by atoms with Crippen LogP contribution in [-0.2, 0) is 18.3 Å². The number of nitrogens with zero attached hydrogens (tertiary/aromatic N) is 2. The molecule has 0 unspecified atom stereocenters. The van der Waals surface area contributed by atoms with Crippen molar-refractivity contribution in [2.75, 3.05) is 19.4 Å². The van der Waals surface area contributed by atoms with E-state index in [4.69, 9.17) is 4.74 Å². The number of rotatable bonds is 8. The topological polar surface area (TPSA) is 56.1 Å². The molecule has 1 amide bonds. The van der Waals surface area contributed by atoms with E-state index in [1.807, 2.05) is 60.3 Å². The van der Waals surface area contributed by atoms with Crippen LogP contribution in [0.3, 0.4) is 0 Å². The number of para-hydroxylation sites is 1. The lowest BCUT2D eigenvalue weighted by Gasteiger charge is -2.09. The summed E-state index contributed by atoms with van der Waals surface area (Å²) in [4.78, 5) is 16.6. The van der Waals surface area contributed by atoms with Gasteiger partial charge in [0.1, 0.15) is 5.75 Å². The lowest BCUT2D eigenvalue weighted by atomic mass is 10.1. The van der Waals surface area contributed by atoms with Crippen molar-refractivity contribution in [3.63, 3.8) is 0 Å². The van der Waals surface area contributed by atoms with Crippen molar-refractivity contribution in [3.8, 4) is 17.0 Å². The Morgan fingerprint density at radius 3 is 2.67 bits per heavy atom. The van der Waals surface area contributed by atoms with Crippen LogP contribution in [0.5, 0.6) is 5.75 Å². The third-order valence-electron chi connectivity index (χ3n) is 4.26. The maximum absolute atomic E-state index is 12.1. The van der Waals surface area contributed by atoms with Crippen molar-refractivity contribution in [3.05, 3.63) is 66.4 Å². The summed E-state index contributed by atoms with van der Waals surface area (Å²) >= 11 is 1.44. The minimum atomic E-state index is -0.000779. The first-order valence-electron chi connectivity index (χ1n) is 8.77. The van der Waals surface area contributed by atoms with Crippen molar-refractivity contribution in [2.45, 2.75) is 11.6 Å². The minimum Gasteiger partial charge on any atom is -0.496 e. The van der Waals surface area contributed by atoms with Gasteiger partial charge in [-0.25, -0.2) is 4.98 Å². The number of methoxy groups -OCH3 is 1. The minimum absolute atomic E-state index is 0.000779. The predicted octanol–water partition coefficient (Wildman–Crippen LogP) is 3.55. The Labute approximate surface area is 163 Å². The quantitative estimate of drug-likeness (QED) is 0.607. The van der Waals surface area contributed by atoms with E-state index in [9.17, 15) is 4.79 Å². The number of benzene rings is 2. The third-order valence-corrected chi connectivity index (χ3v) is 5.30. The number of hydrogen-bond donors (Lipinski definition) is 1. The SMILES string of the molecule is COc1ccccc1CCNC(=O)CSc1ncc(-c2ccccc2)n1C. The van der Waals surface area contributed by atoms with Gasteiger partial charge < -0.3 is 14.6 Å². The van der Waals surface area contributed by atoms with Gasteiger partial charge in [-0.1, -0.05) is 60.3 Å². The number of carbonyl (C=O) groups is 1. The molecular formula is C21H23N3O2S. The van der Waals surface area contributed by atoms with Crippen LogP contribution in [-0.4, -0.2) is 34.9 Å². The molecule has 6 heteroatoms. The standard InChI is InChI=1S/C21H23N3O2S/c1-24-18(16-8-4-3-5-9-16)14-23-21(24)27-15-20(25)22-13-12-17-10-6-7-11-19(17)26-2/h3-11,14H,12-13,15H2,1-2H3,(H,22,25). The molecule has 2 aromatic carbocycles. The Morgan fingerprint density at radius 2 is 1.89 bits per heavy atom. The molecule has 0 aliphatic rings. The summed E-state index contributed by atoms with van der Waals surface area (Å²) < 4.78 is 7.35. The summed E-state index contributed by atoms with van der Waals surface area (Å²) in [6.45, 7) is 0.579. The van der Waals surface area contributed by atoms with Gasteiger partial charge in [-0.2, -0.15) is 0 Å². The number of thioether (sulfide) groups is 1. The zero-order valence-electron chi connectivity index (χ0n) is 15.5. The molecule has 0 atom stereocenters. The van der Waals surface area contributed by atoms with Crippen LogP contribution in [0, 0.1) is 0 Å². The largest absolute Gasteiger partial charge is 0.496 e. The molecule has 0 saturated heterocycles. The van der Waals surface area contributed by atoms with Crippen molar-refractivity contribution >= 4 is 17.7 Å². The molecule has 0 aliphatic carbocycles. The summed E-state index contributed by atoms with van der Waals surface area (Å²) in [5, 5.41) is 3.79. The molecule has 0 aliphatic heterocycles. The molecule has 0 bridgehead atoms. The first-order valence-corrected chi connectivity index (χ1v) is 9.76. The number of imidazole rings is 1. The summed E-state index contributed by atoms with van der Waals surface area (Å²) in [6, 6.07) is 18.0. The third kappa shape index (κ3) is 4.92.